The first-order chi connectivity index (χ1) is 18.5. The molecule has 0 bridgehead atoms. The van der Waals surface area contributed by atoms with Gasteiger partial charge in [-0.25, -0.2) is 9.97 Å². The zero-order valence-electron chi connectivity index (χ0n) is 21.5. The summed E-state index contributed by atoms with van der Waals surface area (Å²) in [6, 6.07) is 13.8. The van der Waals surface area contributed by atoms with Crippen molar-refractivity contribution in [2.45, 2.75) is 31.8 Å². The van der Waals surface area contributed by atoms with Crippen molar-refractivity contribution in [3.05, 3.63) is 76.7 Å². The summed E-state index contributed by atoms with van der Waals surface area (Å²) in [7, 11) is 4.10. The molecule has 0 saturated carbocycles. The van der Waals surface area contributed by atoms with Crippen LogP contribution in [0.4, 0.5) is 11.5 Å². The van der Waals surface area contributed by atoms with Gasteiger partial charge in [-0.15, -0.1) is 0 Å². The van der Waals surface area contributed by atoms with Crippen LogP contribution >= 0.6 is 0 Å². The Bertz CT molecular complexity index is 1580. The Morgan fingerprint density at radius 1 is 1.21 bits per heavy atom. The summed E-state index contributed by atoms with van der Waals surface area (Å²) >= 11 is 0. The molecule has 1 aromatic carbocycles. The van der Waals surface area contributed by atoms with Gasteiger partial charge in [0, 0.05) is 38.1 Å². The van der Waals surface area contributed by atoms with Crippen molar-refractivity contribution in [1.29, 1.82) is 5.26 Å². The Kier molecular flexibility index (Phi) is 6.27. The maximum absolute atomic E-state index is 13.0. The average molecular weight is 508 g/mol. The molecular weight excluding hydrogens is 478 g/mol. The van der Waals surface area contributed by atoms with E-state index in [0.29, 0.717) is 35.1 Å². The fourth-order valence-electron chi connectivity index (χ4n) is 5.47. The minimum Gasteiger partial charge on any atom is -0.381 e. The van der Waals surface area contributed by atoms with E-state index in [0.717, 1.165) is 60.8 Å². The fourth-order valence-corrected chi connectivity index (χ4v) is 5.47. The van der Waals surface area contributed by atoms with E-state index in [4.69, 9.17) is 9.72 Å². The van der Waals surface area contributed by atoms with Gasteiger partial charge in [0.25, 0.3) is 5.91 Å². The number of pyridine rings is 2. The molecule has 0 aliphatic carbocycles. The number of nitrogens with zero attached hydrogens (tertiary/aromatic N) is 5. The van der Waals surface area contributed by atoms with Crippen LogP contribution in [0, 0.1) is 11.3 Å². The van der Waals surface area contributed by atoms with Gasteiger partial charge in [0.2, 0.25) is 0 Å². The molecule has 6 rings (SSSR count). The van der Waals surface area contributed by atoms with Crippen molar-refractivity contribution >= 4 is 23.1 Å². The molecule has 9 nitrogen and oxygen atoms in total. The second-order valence-corrected chi connectivity index (χ2v) is 10.1. The number of hydrogen-bond acceptors (Lipinski definition) is 7. The van der Waals surface area contributed by atoms with E-state index >= 15 is 0 Å². The van der Waals surface area contributed by atoms with Crippen LogP contribution in [-0.2, 0) is 17.8 Å². The first-order valence-electron chi connectivity index (χ1n) is 12.8. The molecule has 9 heteroatoms. The normalized spacial score (nSPS) is 15.5. The highest BCUT2D eigenvalue weighted by Crippen LogP contribution is 2.36. The van der Waals surface area contributed by atoms with Crippen LogP contribution in [0.1, 0.15) is 51.5 Å². The molecule has 1 saturated heterocycles. The van der Waals surface area contributed by atoms with E-state index in [1.54, 1.807) is 18.3 Å². The van der Waals surface area contributed by atoms with Crippen LogP contribution < -0.4 is 10.6 Å². The summed E-state index contributed by atoms with van der Waals surface area (Å²) in [4.78, 5) is 24.6. The molecule has 1 amide bonds. The fraction of sp³-hybridized carbons (Fsp3) is 0.310. The number of hydrogen-bond donors (Lipinski definition) is 2. The van der Waals surface area contributed by atoms with Crippen LogP contribution in [-0.4, -0.2) is 52.5 Å². The van der Waals surface area contributed by atoms with Crippen LogP contribution in [0.15, 0.2) is 48.8 Å². The number of aromatic nitrogens is 3. The van der Waals surface area contributed by atoms with Crippen molar-refractivity contribution in [2.75, 3.05) is 32.6 Å². The molecule has 38 heavy (non-hydrogen) atoms. The number of carbonyl (C=O) groups is 1. The minimum atomic E-state index is -0.114. The average Bonchev–Trinajstić information content (AvgIpc) is 3.53. The lowest BCUT2D eigenvalue weighted by atomic mass is 9.90. The van der Waals surface area contributed by atoms with Gasteiger partial charge in [0.15, 0.2) is 0 Å². The third kappa shape index (κ3) is 4.38. The molecule has 2 N–H and O–H groups in total. The van der Waals surface area contributed by atoms with Gasteiger partial charge >= 0.3 is 0 Å². The van der Waals surface area contributed by atoms with Gasteiger partial charge in [-0.2, -0.15) is 5.26 Å². The van der Waals surface area contributed by atoms with Gasteiger partial charge in [-0.1, -0.05) is 12.1 Å². The lowest BCUT2D eigenvalue weighted by Gasteiger charge is -2.25. The monoisotopic (exact) mass is 507 g/mol. The number of nitriles is 1. The molecule has 0 unspecified atom stereocenters. The van der Waals surface area contributed by atoms with Gasteiger partial charge in [0.05, 0.1) is 40.5 Å². The summed E-state index contributed by atoms with van der Waals surface area (Å²) in [5, 5.41) is 15.6. The van der Waals surface area contributed by atoms with Crippen LogP contribution in [0.3, 0.4) is 0 Å². The second kappa shape index (κ2) is 9.89. The Hall–Kier alpha value is -4.26. The highest BCUT2D eigenvalue weighted by Gasteiger charge is 2.28. The topological polar surface area (TPSA) is 108 Å². The zero-order valence-corrected chi connectivity index (χ0v) is 21.5. The first kappa shape index (κ1) is 24.1. The van der Waals surface area contributed by atoms with E-state index in [-0.39, 0.29) is 5.91 Å². The number of amides is 1. The number of imidazole rings is 1. The van der Waals surface area contributed by atoms with Gasteiger partial charge in [-0.3, -0.25) is 9.20 Å². The smallest absolute Gasteiger partial charge is 0.254 e. The Balaban J connectivity index is 1.36. The Morgan fingerprint density at radius 2 is 2.05 bits per heavy atom. The Morgan fingerprint density at radius 3 is 2.84 bits per heavy atom. The van der Waals surface area contributed by atoms with E-state index < -0.39 is 0 Å². The quantitative estimate of drug-likeness (QED) is 0.403. The van der Waals surface area contributed by atoms with E-state index in [1.165, 1.54) is 5.56 Å². The third-order valence-corrected chi connectivity index (χ3v) is 7.28. The number of carbonyl (C=O) groups excluding carboxylic acids is 1. The molecule has 4 aromatic rings. The molecule has 0 radical (unpaired) electrons. The number of nitrogens with one attached hydrogen (secondary N) is 2. The largest absolute Gasteiger partial charge is 0.381 e. The molecule has 192 valence electrons. The predicted octanol–water partition coefficient (Wildman–Crippen LogP) is 4.21. The lowest BCUT2D eigenvalue weighted by molar-refractivity contribution is 0.0849. The number of fused-ring (bicyclic) bond motifs is 2. The van der Waals surface area contributed by atoms with Gasteiger partial charge in [0.1, 0.15) is 11.5 Å². The second-order valence-electron chi connectivity index (χ2n) is 10.1. The van der Waals surface area contributed by atoms with E-state index in [1.807, 2.05) is 42.9 Å². The Labute approximate surface area is 221 Å². The van der Waals surface area contributed by atoms with Crippen molar-refractivity contribution in [3.8, 4) is 17.3 Å². The van der Waals surface area contributed by atoms with E-state index in [2.05, 4.69) is 32.7 Å². The standard InChI is InChI=1S/C29H29N7O2/c1-35(2)17-24-20(19-8-11-38-12-9-19)4-6-26(34-24)33-23-5-3-21(22-15-32-29(37)28(22)23)25-16-31-27-13-18(14-30)7-10-36(25)27/h3-7,10,13,16,19H,8-9,11-12,15,17H2,1-2H3,(H,32,37)(H,33,34). The zero-order chi connectivity index (χ0) is 26.2. The summed E-state index contributed by atoms with van der Waals surface area (Å²) in [5.41, 5.74) is 7.63. The van der Waals surface area contributed by atoms with Gasteiger partial charge < -0.3 is 20.3 Å². The molecule has 2 aliphatic rings. The summed E-state index contributed by atoms with van der Waals surface area (Å²) in [6.07, 6.45) is 5.64. The van der Waals surface area contributed by atoms with Crippen LogP contribution in [0.5, 0.6) is 0 Å². The molecule has 0 spiro atoms. The maximum Gasteiger partial charge on any atom is 0.254 e. The SMILES string of the molecule is CN(C)Cc1nc(Nc2ccc(-c3cnc4cc(C#N)ccn34)c3c2C(=O)NC3)ccc1C1CCOCC1. The van der Waals surface area contributed by atoms with Crippen molar-refractivity contribution in [1.82, 2.24) is 24.6 Å². The van der Waals surface area contributed by atoms with Crippen molar-refractivity contribution in [2.24, 2.45) is 0 Å². The number of rotatable bonds is 6. The lowest BCUT2D eigenvalue weighted by Crippen LogP contribution is -2.19. The van der Waals surface area contributed by atoms with E-state index in [9.17, 15) is 10.1 Å². The predicted molar refractivity (Wildman–Crippen MR) is 144 cm³/mol. The summed E-state index contributed by atoms with van der Waals surface area (Å²) in [5.74, 6) is 1.05. The van der Waals surface area contributed by atoms with Gasteiger partial charge in [-0.05, 0) is 68.2 Å². The van der Waals surface area contributed by atoms with Crippen molar-refractivity contribution in [3.63, 3.8) is 0 Å². The summed E-state index contributed by atoms with van der Waals surface area (Å²) < 4.78 is 7.51. The number of ether oxygens (including phenoxy) is 1. The molecule has 2 aliphatic heterocycles. The highest BCUT2D eigenvalue weighted by atomic mass is 16.5. The number of benzene rings is 1. The molecule has 3 aromatic heterocycles. The molecule has 5 heterocycles. The molecule has 1 fully saturated rings. The highest BCUT2D eigenvalue weighted by molar-refractivity contribution is 6.06. The third-order valence-electron chi connectivity index (χ3n) is 7.28. The first-order valence-corrected chi connectivity index (χ1v) is 12.8. The molecular formula is C29H29N7O2. The van der Waals surface area contributed by atoms with Crippen molar-refractivity contribution < 1.29 is 9.53 Å². The summed E-state index contributed by atoms with van der Waals surface area (Å²) in [6.45, 7) is 2.74. The minimum absolute atomic E-state index is 0.114. The van der Waals surface area contributed by atoms with Crippen LogP contribution in [0.25, 0.3) is 16.9 Å². The molecule has 0 atom stereocenters. The number of anilines is 2. The van der Waals surface area contributed by atoms with Crippen LogP contribution in [0.2, 0.25) is 0 Å². The maximum atomic E-state index is 13.0.